The first kappa shape index (κ1) is 14.0. The molecule has 2 aromatic rings. The quantitative estimate of drug-likeness (QED) is 0.499. The lowest BCUT2D eigenvalue weighted by molar-refractivity contribution is 0.151. The van der Waals surface area contributed by atoms with Crippen molar-refractivity contribution < 1.29 is 25.2 Å². The third-order valence-corrected chi connectivity index (χ3v) is 3.65. The van der Waals surface area contributed by atoms with E-state index in [0.29, 0.717) is 11.1 Å². The Kier molecular flexibility index (Phi) is 3.25. The number of fused-ring (bicyclic) bond motifs is 1. The van der Waals surface area contributed by atoms with Crippen molar-refractivity contribution in [3.63, 3.8) is 0 Å². The van der Waals surface area contributed by atoms with E-state index in [1.165, 1.54) is 24.3 Å². The van der Waals surface area contributed by atoms with Gasteiger partial charge in [-0.3, -0.25) is 0 Å². The number of aromatic hydroxyl groups is 4. The van der Waals surface area contributed by atoms with Gasteiger partial charge in [0.15, 0.2) is 11.5 Å². The van der Waals surface area contributed by atoms with E-state index >= 15 is 0 Å². The number of phenols is 4. The van der Waals surface area contributed by atoms with Crippen LogP contribution >= 0.6 is 0 Å². The predicted molar refractivity (Wildman–Crippen MR) is 76.2 cm³/mol. The molecule has 7 heteroatoms. The predicted octanol–water partition coefficient (Wildman–Crippen LogP) is 2.32. The minimum absolute atomic E-state index is 0.136. The molecule has 2 aromatic carbocycles. The topological polar surface area (TPSA) is 120 Å². The van der Waals surface area contributed by atoms with Gasteiger partial charge in [-0.15, -0.1) is 0 Å². The summed E-state index contributed by atoms with van der Waals surface area (Å²) in [4.78, 5) is 11.1. The van der Waals surface area contributed by atoms with Gasteiger partial charge < -0.3 is 25.2 Å². The Morgan fingerprint density at radius 3 is 2.45 bits per heavy atom. The summed E-state index contributed by atoms with van der Waals surface area (Å²) in [5.74, 6) is -0.715. The van der Waals surface area contributed by atoms with Gasteiger partial charge in [0, 0.05) is 24.1 Å². The SMILES string of the molecule is O=N[C@@H]1Cc2c(O)cc(O)cc2O[C@@H]1c1ccc(O)c(O)c1. The van der Waals surface area contributed by atoms with Crippen LogP contribution in [0.3, 0.4) is 0 Å². The summed E-state index contributed by atoms with van der Waals surface area (Å²) < 4.78 is 5.67. The second kappa shape index (κ2) is 5.10. The third kappa shape index (κ3) is 2.26. The standard InChI is InChI=1S/C15H13NO6/c17-8-4-12(19)9-6-10(16-21)15(22-14(9)5-8)7-1-2-11(18)13(20)3-7/h1-5,10,15,17-20H,6H2/t10-,15-/m1/s1. The fourth-order valence-corrected chi connectivity index (χ4v) is 2.56. The molecule has 0 spiro atoms. The molecule has 0 aliphatic carbocycles. The summed E-state index contributed by atoms with van der Waals surface area (Å²) in [6, 6.07) is 5.76. The summed E-state index contributed by atoms with van der Waals surface area (Å²) in [6.45, 7) is 0. The third-order valence-electron chi connectivity index (χ3n) is 3.65. The van der Waals surface area contributed by atoms with E-state index in [1.54, 1.807) is 0 Å². The summed E-state index contributed by atoms with van der Waals surface area (Å²) >= 11 is 0. The highest BCUT2D eigenvalue weighted by molar-refractivity contribution is 5.52. The molecular weight excluding hydrogens is 290 g/mol. The number of ether oxygens (including phenoxy) is 1. The molecule has 0 aromatic heterocycles. The van der Waals surface area contributed by atoms with Crippen molar-refractivity contribution in [3.05, 3.63) is 46.4 Å². The van der Waals surface area contributed by atoms with Crippen molar-refractivity contribution >= 4 is 0 Å². The first-order valence-corrected chi connectivity index (χ1v) is 6.55. The Bertz CT molecular complexity index is 745. The monoisotopic (exact) mass is 303 g/mol. The van der Waals surface area contributed by atoms with Crippen LogP contribution in [0.4, 0.5) is 0 Å². The molecule has 114 valence electrons. The molecule has 1 heterocycles. The summed E-state index contributed by atoms with van der Waals surface area (Å²) in [6.07, 6.45) is -0.658. The maximum atomic E-state index is 11.1. The van der Waals surface area contributed by atoms with Crippen molar-refractivity contribution in [2.45, 2.75) is 18.6 Å². The van der Waals surface area contributed by atoms with Crippen molar-refractivity contribution in [2.75, 3.05) is 0 Å². The molecular formula is C15H13NO6. The Labute approximate surface area is 125 Å². The van der Waals surface area contributed by atoms with Gasteiger partial charge in [-0.25, -0.2) is 0 Å². The zero-order valence-corrected chi connectivity index (χ0v) is 11.3. The van der Waals surface area contributed by atoms with Crippen molar-refractivity contribution in [2.24, 2.45) is 5.18 Å². The highest BCUT2D eigenvalue weighted by Crippen LogP contribution is 2.43. The zero-order valence-electron chi connectivity index (χ0n) is 11.3. The first-order valence-electron chi connectivity index (χ1n) is 6.55. The van der Waals surface area contributed by atoms with Crippen molar-refractivity contribution in [1.82, 2.24) is 0 Å². The minimum Gasteiger partial charge on any atom is -0.508 e. The average molecular weight is 303 g/mol. The zero-order chi connectivity index (χ0) is 15.9. The van der Waals surface area contributed by atoms with E-state index in [-0.39, 0.29) is 35.2 Å². The van der Waals surface area contributed by atoms with Crippen LogP contribution in [0.15, 0.2) is 35.5 Å². The second-order valence-electron chi connectivity index (χ2n) is 5.11. The number of phenolic OH excluding ortho intramolecular Hbond substituents is 4. The molecule has 4 N–H and O–H groups in total. The van der Waals surface area contributed by atoms with E-state index < -0.39 is 12.1 Å². The van der Waals surface area contributed by atoms with Gasteiger partial charge >= 0.3 is 0 Å². The highest BCUT2D eigenvalue weighted by Gasteiger charge is 2.34. The lowest BCUT2D eigenvalue weighted by atomic mass is 9.92. The Morgan fingerprint density at radius 2 is 1.77 bits per heavy atom. The smallest absolute Gasteiger partial charge is 0.157 e. The Balaban J connectivity index is 2.04. The maximum Gasteiger partial charge on any atom is 0.157 e. The average Bonchev–Trinajstić information content (AvgIpc) is 2.48. The van der Waals surface area contributed by atoms with Crippen LogP contribution in [-0.4, -0.2) is 26.5 Å². The van der Waals surface area contributed by atoms with Crippen molar-refractivity contribution in [1.29, 1.82) is 0 Å². The number of benzene rings is 2. The van der Waals surface area contributed by atoms with E-state index in [9.17, 15) is 25.3 Å². The van der Waals surface area contributed by atoms with Gasteiger partial charge in [-0.1, -0.05) is 11.2 Å². The number of hydrogen-bond acceptors (Lipinski definition) is 7. The van der Waals surface area contributed by atoms with Crippen LogP contribution in [0.5, 0.6) is 28.7 Å². The molecule has 0 saturated heterocycles. The van der Waals surface area contributed by atoms with Crippen LogP contribution in [0.2, 0.25) is 0 Å². The van der Waals surface area contributed by atoms with Gasteiger partial charge in [0.25, 0.3) is 0 Å². The number of rotatable bonds is 2. The van der Waals surface area contributed by atoms with Crippen LogP contribution in [0.25, 0.3) is 0 Å². The lowest BCUT2D eigenvalue weighted by Gasteiger charge is -2.30. The molecule has 0 saturated carbocycles. The molecule has 7 nitrogen and oxygen atoms in total. The summed E-state index contributed by atoms with van der Waals surface area (Å²) in [5, 5.41) is 41.3. The molecule has 1 aliphatic rings. The van der Waals surface area contributed by atoms with Gasteiger partial charge in [0.05, 0.1) is 0 Å². The van der Waals surface area contributed by atoms with Gasteiger partial charge in [0.2, 0.25) is 0 Å². The van der Waals surface area contributed by atoms with E-state index in [0.717, 1.165) is 6.07 Å². The van der Waals surface area contributed by atoms with Crippen LogP contribution in [-0.2, 0) is 6.42 Å². The molecule has 22 heavy (non-hydrogen) atoms. The molecule has 3 rings (SSSR count). The Morgan fingerprint density at radius 1 is 1.00 bits per heavy atom. The molecule has 2 atom stereocenters. The molecule has 1 aliphatic heterocycles. The molecule has 0 unspecified atom stereocenters. The van der Waals surface area contributed by atoms with E-state index in [2.05, 4.69) is 5.18 Å². The van der Waals surface area contributed by atoms with Crippen LogP contribution in [0.1, 0.15) is 17.2 Å². The van der Waals surface area contributed by atoms with Crippen LogP contribution < -0.4 is 4.74 Å². The maximum absolute atomic E-state index is 11.1. The molecule has 0 fully saturated rings. The fraction of sp³-hybridized carbons (Fsp3) is 0.200. The minimum atomic E-state index is -0.813. The summed E-state index contributed by atoms with van der Waals surface area (Å²) in [5.41, 5.74) is 0.843. The largest absolute Gasteiger partial charge is 0.508 e. The Hall–Kier alpha value is -2.96. The summed E-state index contributed by atoms with van der Waals surface area (Å²) in [7, 11) is 0. The van der Waals surface area contributed by atoms with E-state index in [4.69, 9.17) is 4.74 Å². The molecule has 0 radical (unpaired) electrons. The second-order valence-corrected chi connectivity index (χ2v) is 5.11. The molecule has 0 amide bonds. The molecule has 0 bridgehead atoms. The number of nitroso groups, excluding NO2 is 1. The number of nitrogens with zero attached hydrogens (tertiary/aromatic N) is 1. The fourth-order valence-electron chi connectivity index (χ4n) is 2.56. The van der Waals surface area contributed by atoms with Gasteiger partial charge in [-0.2, -0.15) is 4.91 Å². The van der Waals surface area contributed by atoms with E-state index in [1.807, 2.05) is 0 Å². The first-order chi connectivity index (χ1) is 10.5. The number of hydrogen-bond donors (Lipinski definition) is 4. The van der Waals surface area contributed by atoms with Gasteiger partial charge in [-0.05, 0) is 17.7 Å². The van der Waals surface area contributed by atoms with Crippen LogP contribution in [0, 0.1) is 4.91 Å². The highest BCUT2D eigenvalue weighted by atomic mass is 16.5. The van der Waals surface area contributed by atoms with Gasteiger partial charge in [0.1, 0.15) is 29.4 Å². The lowest BCUT2D eigenvalue weighted by Crippen LogP contribution is -2.28. The normalized spacial score (nSPS) is 20.0. The van der Waals surface area contributed by atoms with Crippen molar-refractivity contribution in [3.8, 4) is 28.7 Å².